The van der Waals surface area contributed by atoms with Gasteiger partial charge in [-0.15, -0.1) is 0 Å². The Morgan fingerprint density at radius 1 is 1.69 bits per heavy atom. The molecule has 1 amide bonds. The lowest BCUT2D eigenvalue weighted by atomic mass is 10.0. The first-order chi connectivity index (χ1) is 7.50. The Hall–Kier alpha value is -1.49. The van der Waals surface area contributed by atoms with Gasteiger partial charge in [0.2, 0.25) is 0 Å². The number of ether oxygens (including phenoxy) is 1. The van der Waals surface area contributed by atoms with Crippen LogP contribution in [0.1, 0.15) is 23.8 Å². The quantitative estimate of drug-likeness (QED) is 0.767. The molecule has 0 radical (unpaired) electrons. The van der Waals surface area contributed by atoms with E-state index in [1.807, 2.05) is 6.92 Å². The highest BCUT2D eigenvalue weighted by atomic mass is 16.5. The van der Waals surface area contributed by atoms with Gasteiger partial charge in [0.15, 0.2) is 0 Å². The van der Waals surface area contributed by atoms with E-state index in [2.05, 4.69) is 5.32 Å². The first kappa shape index (κ1) is 11.0. The highest BCUT2D eigenvalue weighted by Crippen LogP contribution is 2.18. The second-order valence-electron chi connectivity index (χ2n) is 4.59. The molecule has 1 atom stereocenters. The third kappa shape index (κ3) is 2.04. The van der Waals surface area contributed by atoms with Gasteiger partial charge in [-0.2, -0.15) is 0 Å². The lowest BCUT2D eigenvalue weighted by Gasteiger charge is -2.23. The molecule has 1 aliphatic heterocycles. The van der Waals surface area contributed by atoms with Crippen molar-refractivity contribution in [2.75, 3.05) is 18.9 Å². The number of carbonyl (C=O) groups excluding carboxylic acids is 1. The van der Waals surface area contributed by atoms with Gasteiger partial charge in [0.1, 0.15) is 5.69 Å². The molecular weight excluding hydrogens is 206 g/mol. The SMILES string of the molecule is Cn1cc(N)cc1C(=O)NC1(C)CCOC1. The molecule has 88 valence electrons. The number of anilines is 1. The number of hydrogen-bond acceptors (Lipinski definition) is 3. The standard InChI is InChI=1S/C11H17N3O2/c1-11(3-4-16-7-11)13-10(15)9-5-8(12)6-14(9)2/h5-6H,3-4,7,12H2,1-2H3,(H,13,15). The number of hydrogen-bond donors (Lipinski definition) is 2. The van der Waals surface area contributed by atoms with Crippen LogP contribution in [0.3, 0.4) is 0 Å². The van der Waals surface area contributed by atoms with Gasteiger partial charge in [-0.05, 0) is 19.4 Å². The van der Waals surface area contributed by atoms with Crippen LogP contribution in [0.4, 0.5) is 5.69 Å². The molecule has 5 heteroatoms. The van der Waals surface area contributed by atoms with Crippen molar-refractivity contribution in [2.45, 2.75) is 18.9 Å². The van der Waals surface area contributed by atoms with Crippen molar-refractivity contribution in [2.24, 2.45) is 7.05 Å². The number of aromatic nitrogens is 1. The summed E-state index contributed by atoms with van der Waals surface area (Å²) in [4.78, 5) is 12.0. The number of nitrogen functional groups attached to an aromatic ring is 1. The van der Waals surface area contributed by atoms with E-state index in [1.54, 1.807) is 23.9 Å². The Morgan fingerprint density at radius 3 is 2.94 bits per heavy atom. The highest BCUT2D eigenvalue weighted by Gasteiger charge is 2.32. The lowest BCUT2D eigenvalue weighted by Crippen LogP contribution is -2.46. The van der Waals surface area contributed by atoms with E-state index in [4.69, 9.17) is 10.5 Å². The van der Waals surface area contributed by atoms with Crippen molar-refractivity contribution in [3.8, 4) is 0 Å². The minimum atomic E-state index is -0.254. The molecule has 5 nitrogen and oxygen atoms in total. The van der Waals surface area contributed by atoms with E-state index in [0.29, 0.717) is 24.6 Å². The summed E-state index contributed by atoms with van der Waals surface area (Å²) in [5, 5.41) is 2.99. The minimum absolute atomic E-state index is 0.104. The Labute approximate surface area is 94.6 Å². The molecule has 3 N–H and O–H groups in total. The number of nitrogens with two attached hydrogens (primary N) is 1. The van der Waals surface area contributed by atoms with Crippen LogP contribution in [-0.2, 0) is 11.8 Å². The van der Waals surface area contributed by atoms with Gasteiger partial charge in [-0.25, -0.2) is 0 Å². The van der Waals surface area contributed by atoms with Crippen molar-refractivity contribution in [3.05, 3.63) is 18.0 Å². The Bertz CT molecular complexity index is 405. The maximum atomic E-state index is 12.0. The molecule has 2 heterocycles. The van der Waals surface area contributed by atoms with E-state index in [1.165, 1.54) is 0 Å². The first-order valence-electron chi connectivity index (χ1n) is 5.32. The average molecular weight is 223 g/mol. The summed E-state index contributed by atoms with van der Waals surface area (Å²) in [7, 11) is 1.80. The van der Waals surface area contributed by atoms with Crippen LogP contribution in [0, 0.1) is 0 Å². The summed E-state index contributed by atoms with van der Waals surface area (Å²) < 4.78 is 7.01. The van der Waals surface area contributed by atoms with Crippen molar-refractivity contribution in [3.63, 3.8) is 0 Å². The summed E-state index contributed by atoms with van der Waals surface area (Å²) in [6.45, 7) is 3.26. The molecule has 1 aromatic rings. The molecule has 0 aliphatic carbocycles. The highest BCUT2D eigenvalue weighted by molar-refractivity contribution is 5.94. The Balaban J connectivity index is 2.11. The number of nitrogens with one attached hydrogen (secondary N) is 1. The maximum Gasteiger partial charge on any atom is 0.268 e. The third-order valence-corrected chi connectivity index (χ3v) is 2.89. The molecule has 1 saturated heterocycles. The van der Waals surface area contributed by atoms with Crippen LogP contribution in [0.15, 0.2) is 12.3 Å². The van der Waals surface area contributed by atoms with E-state index in [0.717, 1.165) is 6.42 Å². The van der Waals surface area contributed by atoms with Crippen molar-refractivity contribution in [1.29, 1.82) is 0 Å². The predicted octanol–water partition coefficient (Wildman–Crippen LogP) is 0.516. The Kier molecular flexibility index (Phi) is 2.63. The second-order valence-corrected chi connectivity index (χ2v) is 4.59. The molecule has 0 spiro atoms. The van der Waals surface area contributed by atoms with Crippen LogP contribution < -0.4 is 11.1 Å². The van der Waals surface area contributed by atoms with Crippen molar-refractivity contribution in [1.82, 2.24) is 9.88 Å². The van der Waals surface area contributed by atoms with Crippen LogP contribution in [-0.4, -0.2) is 29.2 Å². The fraction of sp³-hybridized carbons (Fsp3) is 0.545. The van der Waals surface area contributed by atoms with E-state index in [9.17, 15) is 4.79 Å². The summed E-state index contributed by atoms with van der Waals surface area (Å²) in [5.41, 5.74) is 6.55. The third-order valence-electron chi connectivity index (χ3n) is 2.89. The van der Waals surface area contributed by atoms with Crippen LogP contribution in [0.25, 0.3) is 0 Å². The average Bonchev–Trinajstić information content (AvgIpc) is 2.73. The minimum Gasteiger partial charge on any atom is -0.397 e. The fourth-order valence-electron chi connectivity index (χ4n) is 1.92. The molecule has 1 fully saturated rings. The number of aryl methyl sites for hydroxylation is 1. The van der Waals surface area contributed by atoms with Gasteiger partial charge in [-0.1, -0.05) is 0 Å². The second kappa shape index (κ2) is 3.83. The molecule has 2 rings (SSSR count). The number of amides is 1. The normalized spacial score (nSPS) is 24.6. The molecule has 0 saturated carbocycles. The Morgan fingerprint density at radius 2 is 2.44 bits per heavy atom. The summed E-state index contributed by atoms with van der Waals surface area (Å²) in [6, 6.07) is 1.68. The largest absolute Gasteiger partial charge is 0.397 e. The van der Waals surface area contributed by atoms with E-state index >= 15 is 0 Å². The summed E-state index contributed by atoms with van der Waals surface area (Å²) in [5.74, 6) is -0.104. The van der Waals surface area contributed by atoms with Gasteiger partial charge in [0.05, 0.1) is 17.8 Å². The van der Waals surface area contributed by atoms with Crippen molar-refractivity contribution < 1.29 is 9.53 Å². The maximum absolute atomic E-state index is 12.0. The monoisotopic (exact) mass is 223 g/mol. The first-order valence-corrected chi connectivity index (χ1v) is 5.32. The van der Waals surface area contributed by atoms with E-state index < -0.39 is 0 Å². The smallest absolute Gasteiger partial charge is 0.268 e. The van der Waals surface area contributed by atoms with Crippen molar-refractivity contribution >= 4 is 11.6 Å². The zero-order chi connectivity index (χ0) is 11.8. The van der Waals surface area contributed by atoms with Gasteiger partial charge >= 0.3 is 0 Å². The van der Waals surface area contributed by atoms with Crippen LogP contribution in [0.2, 0.25) is 0 Å². The number of nitrogens with zero attached hydrogens (tertiary/aromatic N) is 1. The zero-order valence-electron chi connectivity index (χ0n) is 9.62. The van der Waals surface area contributed by atoms with E-state index in [-0.39, 0.29) is 11.4 Å². The molecule has 1 aromatic heterocycles. The van der Waals surface area contributed by atoms with Gasteiger partial charge in [0, 0.05) is 19.9 Å². The molecule has 1 unspecified atom stereocenters. The fourth-order valence-corrected chi connectivity index (χ4v) is 1.92. The van der Waals surface area contributed by atoms with Gasteiger partial charge < -0.3 is 20.4 Å². The number of rotatable bonds is 2. The van der Waals surface area contributed by atoms with Gasteiger partial charge in [-0.3, -0.25) is 4.79 Å². The predicted molar refractivity (Wildman–Crippen MR) is 61.1 cm³/mol. The molecule has 0 aromatic carbocycles. The summed E-state index contributed by atoms with van der Waals surface area (Å²) >= 11 is 0. The zero-order valence-corrected chi connectivity index (χ0v) is 9.62. The lowest BCUT2D eigenvalue weighted by molar-refractivity contribution is 0.0881. The molecule has 1 aliphatic rings. The number of carbonyl (C=O) groups is 1. The topological polar surface area (TPSA) is 69.3 Å². The molecule has 0 bridgehead atoms. The summed E-state index contributed by atoms with van der Waals surface area (Å²) in [6.07, 6.45) is 2.57. The van der Waals surface area contributed by atoms with Crippen LogP contribution in [0.5, 0.6) is 0 Å². The molecule has 16 heavy (non-hydrogen) atoms. The van der Waals surface area contributed by atoms with Gasteiger partial charge in [0.25, 0.3) is 5.91 Å². The molecular formula is C11H17N3O2. The van der Waals surface area contributed by atoms with Crippen LogP contribution >= 0.6 is 0 Å².